The molecule has 8 heteroatoms. The number of thiophene rings is 1. The van der Waals surface area contributed by atoms with E-state index in [1.807, 2.05) is 0 Å². The van der Waals surface area contributed by atoms with Crippen LogP contribution in [0.1, 0.15) is 28.4 Å². The van der Waals surface area contributed by atoms with Crippen LogP contribution in [0.3, 0.4) is 0 Å². The van der Waals surface area contributed by atoms with Gasteiger partial charge in [-0.15, -0.1) is 11.3 Å². The third-order valence-electron chi connectivity index (χ3n) is 2.56. The number of nitrogens with zero attached hydrogens (tertiary/aromatic N) is 2. The van der Waals surface area contributed by atoms with Crippen molar-refractivity contribution in [1.29, 1.82) is 0 Å². The van der Waals surface area contributed by atoms with Crippen LogP contribution in [-0.2, 0) is 19.0 Å². The number of hydrogen-bond acceptors (Lipinski definition) is 6. The highest BCUT2D eigenvalue weighted by Crippen LogP contribution is 2.30. The Morgan fingerprint density at radius 3 is 2.80 bits per heavy atom. The monoisotopic (exact) mass is 296 g/mol. The minimum Gasteiger partial charge on any atom is -0.457 e. The standard InChI is InChI=1S/C12H12N2O5S/c1-2-17-11(16)8(14-13)9(15)10-7(3-6-20-10)12-18-4-5-19-12/h3,6,12H,2,4-5H2,1H3. The molecule has 1 fully saturated rings. The van der Waals surface area contributed by atoms with Crippen LogP contribution in [0.4, 0.5) is 0 Å². The van der Waals surface area contributed by atoms with E-state index in [0.717, 1.165) is 11.3 Å². The van der Waals surface area contributed by atoms with Gasteiger partial charge in [0, 0.05) is 5.56 Å². The molecule has 2 heterocycles. The fourth-order valence-electron chi connectivity index (χ4n) is 1.71. The van der Waals surface area contributed by atoms with Crippen LogP contribution in [0.2, 0.25) is 0 Å². The minimum absolute atomic E-state index is 0.0806. The van der Waals surface area contributed by atoms with E-state index in [9.17, 15) is 9.59 Å². The number of esters is 1. The van der Waals surface area contributed by atoms with Gasteiger partial charge in [0.1, 0.15) is 0 Å². The summed E-state index contributed by atoms with van der Waals surface area (Å²) in [6, 6.07) is 1.67. The highest BCUT2D eigenvalue weighted by Gasteiger charge is 2.36. The zero-order chi connectivity index (χ0) is 14.5. The van der Waals surface area contributed by atoms with Gasteiger partial charge in [0.25, 0.3) is 5.78 Å². The van der Waals surface area contributed by atoms with Crippen molar-refractivity contribution in [1.82, 2.24) is 0 Å². The largest absolute Gasteiger partial charge is 0.457 e. The van der Waals surface area contributed by atoms with Crippen molar-refractivity contribution in [2.75, 3.05) is 19.8 Å². The molecule has 0 radical (unpaired) electrons. The molecule has 0 atom stereocenters. The van der Waals surface area contributed by atoms with E-state index in [4.69, 9.17) is 15.0 Å². The summed E-state index contributed by atoms with van der Waals surface area (Å²) < 4.78 is 15.3. The van der Waals surface area contributed by atoms with Gasteiger partial charge in [-0.3, -0.25) is 4.79 Å². The fraction of sp³-hybridized carbons (Fsp3) is 0.417. The summed E-state index contributed by atoms with van der Waals surface area (Å²) in [5, 5.41) is 1.67. The highest BCUT2D eigenvalue weighted by molar-refractivity contribution is 7.13. The molecule has 1 aliphatic heterocycles. The van der Waals surface area contributed by atoms with Gasteiger partial charge in [0.05, 0.1) is 24.7 Å². The summed E-state index contributed by atoms with van der Waals surface area (Å²) in [7, 11) is 0. The van der Waals surface area contributed by atoms with Crippen molar-refractivity contribution in [3.63, 3.8) is 0 Å². The Bertz CT molecular complexity index is 570. The van der Waals surface area contributed by atoms with E-state index in [0.29, 0.717) is 18.8 Å². The summed E-state index contributed by atoms with van der Waals surface area (Å²) in [4.78, 5) is 26.8. The molecule has 1 saturated heterocycles. The molecule has 20 heavy (non-hydrogen) atoms. The fourth-order valence-corrected chi connectivity index (χ4v) is 2.57. The van der Waals surface area contributed by atoms with Gasteiger partial charge in [-0.25, -0.2) is 4.79 Å². The predicted octanol–water partition coefficient (Wildman–Crippen LogP) is 1.21. The maximum Gasteiger partial charge on any atom is 0.447 e. The number of carbonyl (C=O) groups is 2. The quantitative estimate of drug-likeness (QED) is 0.203. The van der Waals surface area contributed by atoms with Gasteiger partial charge < -0.3 is 19.7 Å². The summed E-state index contributed by atoms with van der Waals surface area (Å²) in [6.07, 6.45) is -0.637. The first kappa shape index (κ1) is 14.5. The molecule has 0 spiro atoms. The first-order valence-electron chi connectivity index (χ1n) is 5.93. The Hall–Kier alpha value is -1.86. The molecule has 1 aromatic rings. The molecule has 0 bridgehead atoms. The summed E-state index contributed by atoms with van der Waals surface area (Å²) in [6.45, 7) is 2.55. The van der Waals surface area contributed by atoms with Crippen molar-refractivity contribution in [3.05, 3.63) is 27.4 Å². The molecule has 0 N–H and O–H groups in total. The van der Waals surface area contributed by atoms with E-state index in [2.05, 4.69) is 9.53 Å². The SMILES string of the molecule is CCOC(=O)C(=[N+]=[N-])C(=O)c1sccc1C1OCCO1. The van der Waals surface area contributed by atoms with Crippen molar-refractivity contribution < 1.29 is 28.6 Å². The molecule has 0 amide bonds. The zero-order valence-electron chi connectivity index (χ0n) is 10.7. The first-order chi connectivity index (χ1) is 9.69. The molecule has 1 aromatic heterocycles. The summed E-state index contributed by atoms with van der Waals surface area (Å²) in [5.74, 6) is -1.68. The molecule has 1 aliphatic rings. The normalized spacial score (nSPS) is 14.8. The Balaban J connectivity index is 2.27. The van der Waals surface area contributed by atoms with Crippen LogP contribution in [0, 0.1) is 0 Å². The lowest BCUT2D eigenvalue weighted by atomic mass is 10.1. The lowest BCUT2D eigenvalue weighted by Crippen LogP contribution is -2.27. The Morgan fingerprint density at radius 2 is 2.20 bits per heavy atom. The Labute approximate surface area is 118 Å². The molecule has 106 valence electrons. The molecule has 0 aromatic carbocycles. The number of ketones is 1. The minimum atomic E-state index is -0.965. The number of hydrogen-bond donors (Lipinski definition) is 0. The van der Waals surface area contributed by atoms with Crippen molar-refractivity contribution in [2.45, 2.75) is 13.2 Å². The maximum absolute atomic E-state index is 12.2. The third-order valence-corrected chi connectivity index (χ3v) is 3.49. The van der Waals surface area contributed by atoms with Crippen LogP contribution in [0.5, 0.6) is 0 Å². The average Bonchev–Trinajstić information content (AvgIpc) is 3.10. The van der Waals surface area contributed by atoms with Crippen LogP contribution < -0.4 is 0 Å². The molecular formula is C12H12N2O5S. The van der Waals surface area contributed by atoms with Gasteiger partial charge in [0.2, 0.25) is 0 Å². The Morgan fingerprint density at radius 1 is 1.50 bits per heavy atom. The van der Waals surface area contributed by atoms with Crippen LogP contribution in [0.25, 0.3) is 5.53 Å². The second kappa shape index (κ2) is 6.53. The lowest BCUT2D eigenvalue weighted by Gasteiger charge is -2.08. The maximum atomic E-state index is 12.2. The molecule has 7 nitrogen and oxygen atoms in total. The van der Waals surface area contributed by atoms with Crippen LogP contribution >= 0.6 is 11.3 Å². The highest BCUT2D eigenvalue weighted by atomic mass is 32.1. The molecule has 2 rings (SSSR count). The average molecular weight is 296 g/mol. The van der Waals surface area contributed by atoms with Gasteiger partial charge >= 0.3 is 11.7 Å². The summed E-state index contributed by atoms with van der Waals surface area (Å²) in [5.41, 5.74) is 8.71. The van der Waals surface area contributed by atoms with Crippen molar-refractivity contribution >= 4 is 28.8 Å². The zero-order valence-corrected chi connectivity index (χ0v) is 11.5. The summed E-state index contributed by atoms with van der Waals surface area (Å²) >= 11 is 1.11. The molecular weight excluding hydrogens is 284 g/mol. The predicted molar refractivity (Wildman–Crippen MR) is 68.6 cm³/mol. The Kier molecular flexibility index (Phi) is 4.75. The second-order valence-electron chi connectivity index (χ2n) is 3.78. The number of carbonyl (C=O) groups excluding carboxylic acids is 2. The first-order valence-corrected chi connectivity index (χ1v) is 6.81. The van der Waals surface area contributed by atoms with Gasteiger partial charge in [-0.1, -0.05) is 0 Å². The van der Waals surface area contributed by atoms with Gasteiger partial charge in [0.15, 0.2) is 6.29 Å². The number of ether oxygens (including phenoxy) is 3. The van der Waals surface area contributed by atoms with Crippen molar-refractivity contribution in [2.24, 2.45) is 0 Å². The van der Waals surface area contributed by atoms with Crippen molar-refractivity contribution in [3.8, 4) is 0 Å². The van der Waals surface area contributed by atoms with Gasteiger partial charge in [-0.2, -0.15) is 4.79 Å². The van der Waals surface area contributed by atoms with E-state index in [1.165, 1.54) is 0 Å². The topological polar surface area (TPSA) is 98.2 Å². The third kappa shape index (κ3) is 2.83. The molecule has 0 unspecified atom stereocenters. The van der Waals surface area contributed by atoms with E-state index in [-0.39, 0.29) is 11.5 Å². The molecule has 0 aliphatic carbocycles. The van der Waals surface area contributed by atoms with E-state index >= 15 is 0 Å². The smallest absolute Gasteiger partial charge is 0.447 e. The van der Waals surface area contributed by atoms with Crippen LogP contribution in [0.15, 0.2) is 11.4 Å². The van der Waals surface area contributed by atoms with Gasteiger partial charge in [-0.05, 0) is 18.4 Å². The van der Waals surface area contributed by atoms with E-state index in [1.54, 1.807) is 18.4 Å². The number of Topliss-reactive ketones (excluding diaryl/α,β-unsaturated/α-hetero) is 1. The second-order valence-corrected chi connectivity index (χ2v) is 4.69. The lowest BCUT2D eigenvalue weighted by molar-refractivity contribution is -0.139. The van der Waals surface area contributed by atoms with Crippen LogP contribution in [-0.4, -0.2) is 42.1 Å². The number of rotatable bonds is 5. The molecule has 0 saturated carbocycles. The van der Waals surface area contributed by atoms with E-state index < -0.39 is 23.8 Å².